The van der Waals surface area contributed by atoms with Crippen molar-refractivity contribution in [1.82, 2.24) is 10.3 Å². The Morgan fingerprint density at radius 2 is 2.13 bits per heavy atom. The van der Waals surface area contributed by atoms with Gasteiger partial charge in [0.05, 0.1) is 4.92 Å². The van der Waals surface area contributed by atoms with Gasteiger partial charge in [-0.3, -0.25) is 14.9 Å². The third kappa shape index (κ3) is 3.31. The number of amides is 1. The molecule has 0 saturated heterocycles. The van der Waals surface area contributed by atoms with E-state index in [1.165, 1.54) is 18.2 Å². The van der Waals surface area contributed by atoms with Crippen LogP contribution in [-0.4, -0.2) is 32.9 Å². The van der Waals surface area contributed by atoms with Crippen LogP contribution in [0.25, 0.3) is 10.9 Å². The van der Waals surface area contributed by atoms with Crippen molar-refractivity contribution in [1.29, 1.82) is 0 Å². The Hall–Kier alpha value is -2.90. The summed E-state index contributed by atoms with van der Waals surface area (Å²) in [5, 5.41) is 23.2. The number of benzene rings is 1. The van der Waals surface area contributed by atoms with E-state index in [0.29, 0.717) is 11.8 Å². The summed E-state index contributed by atoms with van der Waals surface area (Å²) in [5.74, 6) is -1.96. The second-order valence-corrected chi connectivity index (χ2v) is 5.36. The Kier molecular flexibility index (Phi) is 4.63. The molecule has 0 saturated carbocycles. The van der Waals surface area contributed by atoms with Crippen molar-refractivity contribution in [3.8, 4) is 0 Å². The van der Waals surface area contributed by atoms with Crippen LogP contribution in [0.2, 0.25) is 0 Å². The van der Waals surface area contributed by atoms with Gasteiger partial charge in [-0.2, -0.15) is 0 Å². The molecule has 8 nitrogen and oxygen atoms in total. The van der Waals surface area contributed by atoms with Crippen LogP contribution in [-0.2, 0) is 4.79 Å². The zero-order chi connectivity index (χ0) is 17.1. The minimum Gasteiger partial charge on any atom is -0.480 e. The molecule has 0 fully saturated rings. The lowest BCUT2D eigenvalue weighted by molar-refractivity contribution is -0.383. The zero-order valence-corrected chi connectivity index (χ0v) is 12.7. The number of carboxylic acids is 1. The van der Waals surface area contributed by atoms with Crippen LogP contribution >= 0.6 is 0 Å². The van der Waals surface area contributed by atoms with Gasteiger partial charge in [0.2, 0.25) is 0 Å². The molecule has 0 aliphatic carbocycles. The standard InChI is InChI=1S/C15H17N3O5/c1-3-8(2)12(15(20)21)17-14(19)10-7-9-5-4-6-11(18(22)23)13(9)16-10/h4-8,12,16H,3H2,1-2H3,(H,17,19)(H,20,21). The fourth-order valence-electron chi connectivity index (χ4n) is 2.32. The van der Waals surface area contributed by atoms with Crippen LogP contribution in [0.4, 0.5) is 5.69 Å². The number of aliphatic carboxylic acids is 1. The third-order valence-corrected chi connectivity index (χ3v) is 3.84. The van der Waals surface area contributed by atoms with Crippen LogP contribution < -0.4 is 5.32 Å². The predicted molar refractivity (Wildman–Crippen MR) is 83.3 cm³/mol. The van der Waals surface area contributed by atoms with Crippen molar-refractivity contribution in [2.45, 2.75) is 26.3 Å². The number of aromatic amines is 1. The van der Waals surface area contributed by atoms with E-state index in [9.17, 15) is 24.8 Å². The number of para-hydroxylation sites is 1. The minimum absolute atomic E-state index is 0.0869. The number of hydrogen-bond acceptors (Lipinski definition) is 4. The molecule has 0 radical (unpaired) electrons. The van der Waals surface area contributed by atoms with E-state index in [1.807, 2.05) is 6.92 Å². The molecule has 1 heterocycles. The van der Waals surface area contributed by atoms with E-state index >= 15 is 0 Å². The quantitative estimate of drug-likeness (QED) is 0.556. The normalized spacial score (nSPS) is 13.5. The predicted octanol–water partition coefficient (Wildman–Crippen LogP) is 2.31. The Morgan fingerprint density at radius 3 is 2.70 bits per heavy atom. The number of carboxylic acid groups (broad SMARTS) is 1. The molecule has 1 amide bonds. The molecular formula is C15H17N3O5. The summed E-state index contributed by atoms with van der Waals surface area (Å²) >= 11 is 0. The Bertz CT molecular complexity index is 768. The highest BCUT2D eigenvalue weighted by molar-refractivity contribution is 6.01. The monoisotopic (exact) mass is 319 g/mol. The van der Waals surface area contributed by atoms with E-state index in [1.54, 1.807) is 13.0 Å². The van der Waals surface area contributed by atoms with Gasteiger partial charge < -0.3 is 15.4 Å². The van der Waals surface area contributed by atoms with Crippen molar-refractivity contribution < 1.29 is 19.6 Å². The lowest BCUT2D eigenvalue weighted by Gasteiger charge is -2.19. The molecule has 3 N–H and O–H groups in total. The second kappa shape index (κ2) is 6.47. The molecule has 8 heteroatoms. The molecule has 2 unspecified atom stereocenters. The number of nitrogens with zero attached hydrogens (tertiary/aromatic N) is 1. The Labute approximate surface area is 131 Å². The van der Waals surface area contributed by atoms with Crippen molar-refractivity contribution in [2.24, 2.45) is 5.92 Å². The highest BCUT2D eigenvalue weighted by atomic mass is 16.6. The van der Waals surface area contributed by atoms with E-state index in [0.717, 1.165) is 0 Å². The summed E-state index contributed by atoms with van der Waals surface area (Å²) in [5.41, 5.74) is 0.181. The average molecular weight is 319 g/mol. The molecule has 23 heavy (non-hydrogen) atoms. The van der Waals surface area contributed by atoms with Gasteiger partial charge in [0, 0.05) is 11.5 Å². The SMILES string of the molecule is CCC(C)C(NC(=O)c1cc2cccc([N+](=O)[O-])c2[nH]1)C(=O)O. The maximum Gasteiger partial charge on any atom is 0.326 e. The molecule has 0 spiro atoms. The van der Waals surface area contributed by atoms with Crippen molar-refractivity contribution in [2.75, 3.05) is 0 Å². The molecule has 0 bridgehead atoms. The van der Waals surface area contributed by atoms with Crippen LogP contribution in [0, 0.1) is 16.0 Å². The van der Waals surface area contributed by atoms with Gasteiger partial charge in [-0.25, -0.2) is 4.79 Å². The van der Waals surface area contributed by atoms with Crippen molar-refractivity contribution >= 4 is 28.5 Å². The summed E-state index contributed by atoms with van der Waals surface area (Å²) in [7, 11) is 0. The Morgan fingerprint density at radius 1 is 1.43 bits per heavy atom. The molecule has 1 aromatic carbocycles. The first-order valence-corrected chi connectivity index (χ1v) is 7.15. The summed E-state index contributed by atoms with van der Waals surface area (Å²) in [4.78, 5) is 36.7. The maximum atomic E-state index is 12.3. The van der Waals surface area contributed by atoms with Crippen LogP contribution in [0.1, 0.15) is 30.8 Å². The van der Waals surface area contributed by atoms with Gasteiger partial charge in [0.25, 0.3) is 11.6 Å². The van der Waals surface area contributed by atoms with Crippen LogP contribution in [0.5, 0.6) is 0 Å². The number of nitro benzene ring substituents is 1. The molecule has 122 valence electrons. The first kappa shape index (κ1) is 16.5. The number of nitrogens with one attached hydrogen (secondary N) is 2. The Balaban J connectivity index is 2.33. The summed E-state index contributed by atoms with van der Waals surface area (Å²) in [6, 6.07) is 4.94. The number of aromatic nitrogens is 1. The highest BCUT2D eigenvalue weighted by Gasteiger charge is 2.26. The molecule has 0 aliphatic heterocycles. The molecule has 2 aromatic rings. The molecule has 1 aromatic heterocycles. The lowest BCUT2D eigenvalue weighted by Crippen LogP contribution is -2.45. The van der Waals surface area contributed by atoms with Gasteiger partial charge in [0.1, 0.15) is 17.3 Å². The van der Waals surface area contributed by atoms with E-state index in [4.69, 9.17) is 0 Å². The van der Waals surface area contributed by atoms with E-state index in [2.05, 4.69) is 10.3 Å². The molecular weight excluding hydrogens is 302 g/mol. The first-order chi connectivity index (χ1) is 10.8. The van der Waals surface area contributed by atoms with Gasteiger partial charge in [0.15, 0.2) is 0 Å². The number of hydrogen-bond donors (Lipinski definition) is 3. The number of rotatable bonds is 6. The van der Waals surface area contributed by atoms with Gasteiger partial charge >= 0.3 is 5.97 Å². The lowest BCUT2D eigenvalue weighted by atomic mass is 9.99. The average Bonchev–Trinajstić information content (AvgIpc) is 2.95. The fourth-order valence-corrected chi connectivity index (χ4v) is 2.32. The molecule has 2 atom stereocenters. The number of non-ortho nitro benzene ring substituents is 1. The summed E-state index contributed by atoms with van der Waals surface area (Å²) < 4.78 is 0. The largest absolute Gasteiger partial charge is 0.480 e. The van der Waals surface area contributed by atoms with Gasteiger partial charge in [-0.15, -0.1) is 0 Å². The second-order valence-electron chi connectivity index (χ2n) is 5.36. The number of nitro groups is 1. The number of carbonyl (C=O) groups excluding carboxylic acids is 1. The molecule has 0 aliphatic rings. The molecule has 2 rings (SSSR count). The van der Waals surface area contributed by atoms with Crippen LogP contribution in [0.15, 0.2) is 24.3 Å². The minimum atomic E-state index is -1.12. The van der Waals surface area contributed by atoms with E-state index < -0.39 is 22.8 Å². The van der Waals surface area contributed by atoms with Crippen molar-refractivity contribution in [3.05, 3.63) is 40.1 Å². The van der Waals surface area contributed by atoms with E-state index in [-0.39, 0.29) is 22.8 Å². The van der Waals surface area contributed by atoms with Crippen LogP contribution in [0.3, 0.4) is 0 Å². The van der Waals surface area contributed by atoms with Crippen molar-refractivity contribution in [3.63, 3.8) is 0 Å². The topological polar surface area (TPSA) is 125 Å². The van der Waals surface area contributed by atoms with Gasteiger partial charge in [-0.05, 0) is 12.0 Å². The van der Waals surface area contributed by atoms with Gasteiger partial charge in [-0.1, -0.05) is 32.4 Å². The zero-order valence-electron chi connectivity index (χ0n) is 12.7. The maximum absolute atomic E-state index is 12.3. The number of carbonyl (C=O) groups is 2. The smallest absolute Gasteiger partial charge is 0.326 e. The third-order valence-electron chi connectivity index (χ3n) is 3.84. The number of H-pyrrole nitrogens is 1. The number of fused-ring (bicyclic) bond motifs is 1. The summed E-state index contributed by atoms with van der Waals surface area (Å²) in [6.07, 6.45) is 0.593. The fraction of sp³-hybridized carbons (Fsp3) is 0.333. The highest BCUT2D eigenvalue weighted by Crippen LogP contribution is 2.25. The summed E-state index contributed by atoms with van der Waals surface area (Å²) in [6.45, 7) is 3.56. The first-order valence-electron chi connectivity index (χ1n) is 7.15.